The van der Waals surface area contributed by atoms with Gasteiger partial charge in [0.2, 0.25) is 0 Å². The summed E-state index contributed by atoms with van der Waals surface area (Å²) in [5, 5.41) is 8.90. The number of hydrogen-bond acceptors (Lipinski definition) is 3. The molecule has 0 bridgehead atoms. The van der Waals surface area contributed by atoms with E-state index in [4.69, 9.17) is 9.84 Å². The number of aromatic carboxylic acids is 1. The maximum absolute atomic E-state index is 11.6. The zero-order valence-electron chi connectivity index (χ0n) is 9.55. The van der Waals surface area contributed by atoms with Crippen LogP contribution in [0.1, 0.15) is 34.1 Å². The molecule has 0 saturated heterocycles. The van der Waals surface area contributed by atoms with Gasteiger partial charge in [0.15, 0.2) is 0 Å². The Morgan fingerprint density at radius 2 is 1.88 bits per heavy atom. The number of hydrogen-bond donors (Lipinski definition) is 1. The summed E-state index contributed by atoms with van der Waals surface area (Å²) >= 11 is 0. The molecule has 0 aliphatic carbocycles. The molecule has 0 fully saturated rings. The normalized spacial score (nSPS) is 10.4. The summed E-state index contributed by atoms with van der Waals surface area (Å²) in [6.07, 6.45) is 4.46. The van der Waals surface area contributed by atoms with Crippen molar-refractivity contribution in [3.63, 3.8) is 0 Å². The smallest absolute Gasteiger partial charge is 0.339 e. The van der Waals surface area contributed by atoms with Crippen molar-refractivity contribution in [1.82, 2.24) is 0 Å². The van der Waals surface area contributed by atoms with Gasteiger partial charge < -0.3 is 9.84 Å². The first-order chi connectivity index (χ1) is 8.16. The predicted molar refractivity (Wildman–Crippen MR) is 63.1 cm³/mol. The fraction of sp³-hybridized carbons (Fsp3) is 0.231. The molecular weight excluding hydrogens is 220 g/mol. The topological polar surface area (TPSA) is 63.6 Å². The second-order valence-corrected chi connectivity index (χ2v) is 3.33. The van der Waals surface area contributed by atoms with Gasteiger partial charge in [0.05, 0.1) is 11.1 Å². The Kier molecular flexibility index (Phi) is 4.94. The molecule has 0 unspecified atom stereocenters. The van der Waals surface area contributed by atoms with E-state index in [2.05, 4.69) is 0 Å². The number of esters is 1. The first kappa shape index (κ1) is 13.0. The number of carboxylic acid groups (broad SMARTS) is 1. The van der Waals surface area contributed by atoms with Gasteiger partial charge in [-0.3, -0.25) is 0 Å². The molecular formula is C13H14O4. The fourth-order valence-corrected chi connectivity index (χ4v) is 1.28. The van der Waals surface area contributed by atoms with E-state index in [9.17, 15) is 9.59 Å². The Labute approximate surface area is 99.5 Å². The molecule has 90 valence electrons. The second kappa shape index (κ2) is 6.48. The van der Waals surface area contributed by atoms with Gasteiger partial charge in [-0.15, -0.1) is 0 Å². The van der Waals surface area contributed by atoms with E-state index in [-0.39, 0.29) is 17.7 Å². The highest BCUT2D eigenvalue weighted by Gasteiger charge is 2.16. The monoisotopic (exact) mass is 234 g/mol. The van der Waals surface area contributed by atoms with Crippen molar-refractivity contribution in [3.8, 4) is 0 Å². The summed E-state index contributed by atoms with van der Waals surface area (Å²) < 4.78 is 4.93. The van der Waals surface area contributed by atoms with Gasteiger partial charge in [-0.2, -0.15) is 0 Å². The van der Waals surface area contributed by atoms with Crippen LogP contribution in [0.4, 0.5) is 0 Å². The van der Waals surface area contributed by atoms with Crippen molar-refractivity contribution in [1.29, 1.82) is 0 Å². The molecule has 0 aliphatic heterocycles. The van der Waals surface area contributed by atoms with Crippen LogP contribution in [0.3, 0.4) is 0 Å². The lowest BCUT2D eigenvalue weighted by atomic mass is 10.1. The summed E-state index contributed by atoms with van der Waals surface area (Å²) in [6, 6.07) is 5.98. The molecule has 0 amide bonds. The quantitative estimate of drug-likeness (QED) is 0.628. The molecule has 1 aromatic carbocycles. The molecule has 0 saturated carbocycles. The van der Waals surface area contributed by atoms with Crippen molar-refractivity contribution in [2.24, 2.45) is 0 Å². The maximum Gasteiger partial charge on any atom is 0.339 e. The number of carboxylic acids is 1. The van der Waals surface area contributed by atoms with Crippen molar-refractivity contribution >= 4 is 11.9 Å². The van der Waals surface area contributed by atoms with Crippen LogP contribution in [0, 0.1) is 0 Å². The largest absolute Gasteiger partial charge is 0.478 e. The first-order valence-corrected chi connectivity index (χ1v) is 5.31. The summed E-state index contributed by atoms with van der Waals surface area (Å²) in [6.45, 7) is 2.12. The predicted octanol–water partition coefficient (Wildman–Crippen LogP) is 2.51. The van der Waals surface area contributed by atoms with Crippen molar-refractivity contribution in [3.05, 3.63) is 47.5 Å². The van der Waals surface area contributed by atoms with Crippen LogP contribution in [-0.4, -0.2) is 23.7 Å². The van der Waals surface area contributed by atoms with Crippen LogP contribution in [-0.2, 0) is 4.74 Å². The van der Waals surface area contributed by atoms with Crippen LogP contribution in [0.15, 0.2) is 36.4 Å². The standard InChI is InChI=1S/C13H14O4/c1-2-3-6-9-17-13(16)11-8-5-4-7-10(11)12(14)15/h3-8H,2,9H2,1H3,(H,14,15). The lowest BCUT2D eigenvalue weighted by molar-refractivity contribution is 0.0536. The third kappa shape index (κ3) is 3.75. The van der Waals surface area contributed by atoms with Crippen LogP contribution in [0.5, 0.6) is 0 Å². The number of rotatable bonds is 5. The van der Waals surface area contributed by atoms with Crippen LogP contribution in [0.2, 0.25) is 0 Å². The van der Waals surface area contributed by atoms with Crippen LogP contribution in [0.25, 0.3) is 0 Å². The highest BCUT2D eigenvalue weighted by molar-refractivity contribution is 6.02. The van der Waals surface area contributed by atoms with Gasteiger partial charge in [-0.25, -0.2) is 9.59 Å². The summed E-state index contributed by atoms with van der Waals surface area (Å²) in [4.78, 5) is 22.5. The molecule has 1 aromatic rings. The molecule has 0 spiro atoms. The van der Waals surface area contributed by atoms with Gasteiger partial charge in [0.25, 0.3) is 0 Å². The highest BCUT2D eigenvalue weighted by atomic mass is 16.5. The lowest BCUT2D eigenvalue weighted by Crippen LogP contribution is -2.11. The van der Waals surface area contributed by atoms with Crippen molar-refractivity contribution in [2.75, 3.05) is 6.61 Å². The number of carbonyl (C=O) groups is 2. The highest BCUT2D eigenvalue weighted by Crippen LogP contribution is 2.10. The second-order valence-electron chi connectivity index (χ2n) is 3.33. The van der Waals surface area contributed by atoms with E-state index in [0.717, 1.165) is 6.42 Å². The minimum atomic E-state index is -1.14. The Hall–Kier alpha value is -2.10. The Morgan fingerprint density at radius 1 is 1.24 bits per heavy atom. The van der Waals surface area contributed by atoms with E-state index in [1.807, 2.05) is 13.0 Å². The van der Waals surface area contributed by atoms with E-state index in [1.165, 1.54) is 12.1 Å². The van der Waals surface area contributed by atoms with Crippen LogP contribution < -0.4 is 0 Å². The summed E-state index contributed by atoms with van der Waals surface area (Å²) in [5.41, 5.74) is 0.0295. The average molecular weight is 234 g/mol. The fourth-order valence-electron chi connectivity index (χ4n) is 1.28. The zero-order chi connectivity index (χ0) is 12.7. The minimum Gasteiger partial charge on any atom is -0.478 e. The van der Waals surface area contributed by atoms with Gasteiger partial charge in [-0.05, 0) is 18.6 Å². The molecule has 4 nitrogen and oxygen atoms in total. The average Bonchev–Trinajstić information content (AvgIpc) is 2.34. The third-order valence-electron chi connectivity index (χ3n) is 2.09. The van der Waals surface area contributed by atoms with Gasteiger partial charge in [0.1, 0.15) is 6.61 Å². The van der Waals surface area contributed by atoms with E-state index in [0.29, 0.717) is 0 Å². The molecule has 1 N–H and O–H groups in total. The molecule has 0 heterocycles. The Balaban J connectivity index is 2.75. The van der Waals surface area contributed by atoms with E-state index >= 15 is 0 Å². The molecule has 0 aliphatic rings. The SMILES string of the molecule is CCC=CCOC(=O)c1ccccc1C(=O)O. The molecule has 4 heteroatoms. The lowest BCUT2D eigenvalue weighted by Gasteiger charge is -2.04. The Morgan fingerprint density at radius 3 is 2.47 bits per heavy atom. The van der Waals surface area contributed by atoms with Gasteiger partial charge in [-0.1, -0.05) is 31.2 Å². The minimum absolute atomic E-state index is 0.0445. The third-order valence-corrected chi connectivity index (χ3v) is 2.09. The van der Waals surface area contributed by atoms with E-state index < -0.39 is 11.9 Å². The molecule has 1 rings (SSSR count). The Bertz CT molecular complexity index is 435. The summed E-state index contributed by atoms with van der Waals surface area (Å²) in [7, 11) is 0. The number of benzene rings is 1. The molecule has 17 heavy (non-hydrogen) atoms. The van der Waals surface area contributed by atoms with Gasteiger partial charge >= 0.3 is 11.9 Å². The number of allylic oxidation sites excluding steroid dienone is 1. The van der Waals surface area contributed by atoms with Crippen molar-refractivity contribution in [2.45, 2.75) is 13.3 Å². The summed E-state index contributed by atoms with van der Waals surface area (Å²) in [5.74, 6) is -1.76. The van der Waals surface area contributed by atoms with Gasteiger partial charge in [0, 0.05) is 0 Å². The van der Waals surface area contributed by atoms with E-state index in [1.54, 1.807) is 18.2 Å². The maximum atomic E-state index is 11.6. The van der Waals surface area contributed by atoms with Crippen molar-refractivity contribution < 1.29 is 19.4 Å². The molecule has 0 aromatic heterocycles. The zero-order valence-corrected chi connectivity index (χ0v) is 9.55. The number of carbonyl (C=O) groups excluding carboxylic acids is 1. The molecule has 0 atom stereocenters. The molecule has 0 radical (unpaired) electrons. The van der Waals surface area contributed by atoms with Crippen LogP contribution >= 0.6 is 0 Å². The number of ether oxygens (including phenoxy) is 1. The first-order valence-electron chi connectivity index (χ1n) is 5.31.